The number of hydrogen-bond acceptors (Lipinski definition) is 15. The SMILES string of the molecule is CC[C@H](C)[C@H](NC(=O)[C@H](C)NC(=O)[C@@H](NC(=O)[C@H](CCC(N)=O)NC(=O)[C@@H](NC(=O)[C@H](CO)NC(=O)[C@@H](NC(=O)[C@@H](NC(=O)[C@@H]1CCCN1C)[C@@H](C)CC)C(C)C)[C@@H](C)O)[C@@H](C)O)C(=O)N[C@@H](C)C(=O)O. The Morgan fingerprint density at radius 2 is 0.958 bits per heavy atom. The fourth-order valence-corrected chi connectivity index (χ4v) is 7.28. The van der Waals surface area contributed by atoms with E-state index in [9.17, 15) is 73.2 Å². The standard InChI is InChI=1S/C45H79N11O15/c1-12-21(5)32(41(66)48-24(8)45(70)71)52-36(61)23(7)47-43(68)34(25(9)58)54-37(62)27(16-17-30(46)60)49-44(69)35(26(10)59)55-38(63)28(19-57)50-40(65)31(20(3)4)51-42(67)33(22(6)13-2)53-39(64)29-15-14-18-56(29)11/h20-29,31-35,57-59H,12-19H2,1-11H3,(H2,46,60)(H,47,68)(H,48,66)(H,49,69)(H,50,65)(H,51,67)(H,52,61)(H,53,64)(H,54,62)(H,55,63)(H,70,71)/t21-,22-,23-,24-,25+,26+,27-,28-,29-,31-,32-,33-,34-,35-/m0/s1. The molecule has 1 aliphatic heterocycles. The molecule has 15 N–H and O–H groups in total. The lowest BCUT2D eigenvalue weighted by atomic mass is 9.96. The number of aliphatic hydroxyl groups is 3. The number of hydrogen-bond donors (Lipinski definition) is 14. The summed E-state index contributed by atoms with van der Waals surface area (Å²) in [6, 6.07) is -13.8. The van der Waals surface area contributed by atoms with Gasteiger partial charge in [-0.3, -0.25) is 57.6 Å². The van der Waals surface area contributed by atoms with Crippen molar-refractivity contribution in [3.63, 3.8) is 0 Å². The highest BCUT2D eigenvalue weighted by atomic mass is 16.4. The first-order valence-electron chi connectivity index (χ1n) is 23.9. The van der Waals surface area contributed by atoms with Crippen LogP contribution in [0.4, 0.5) is 0 Å². The van der Waals surface area contributed by atoms with Crippen molar-refractivity contribution in [2.24, 2.45) is 23.5 Å². The number of likely N-dealkylation sites (N-methyl/N-ethyl adjacent to an activating group) is 1. The molecule has 1 heterocycles. The van der Waals surface area contributed by atoms with Crippen LogP contribution in [-0.2, 0) is 52.7 Å². The largest absolute Gasteiger partial charge is 0.480 e. The van der Waals surface area contributed by atoms with Crippen LogP contribution in [-0.4, -0.2) is 183 Å². The molecule has 404 valence electrons. The highest BCUT2D eigenvalue weighted by Crippen LogP contribution is 2.17. The molecule has 0 aromatic rings. The minimum atomic E-state index is -1.89. The fraction of sp³-hybridized carbons (Fsp3) is 0.756. The number of likely N-dealkylation sites (tertiary alicyclic amines) is 1. The Hall–Kier alpha value is -5.99. The van der Waals surface area contributed by atoms with E-state index in [-0.39, 0.29) is 11.8 Å². The number of primary amides is 1. The van der Waals surface area contributed by atoms with E-state index in [0.717, 1.165) is 26.8 Å². The van der Waals surface area contributed by atoms with Crippen molar-refractivity contribution in [1.29, 1.82) is 0 Å². The zero-order chi connectivity index (χ0) is 54.6. The van der Waals surface area contributed by atoms with Gasteiger partial charge in [0.1, 0.15) is 54.4 Å². The second kappa shape index (κ2) is 30.0. The van der Waals surface area contributed by atoms with Crippen molar-refractivity contribution in [3.05, 3.63) is 0 Å². The molecule has 0 aliphatic carbocycles. The summed E-state index contributed by atoms with van der Waals surface area (Å²) in [5.74, 6) is -11.9. The summed E-state index contributed by atoms with van der Waals surface area (Å²) in [6.45, 7) is 14.5. The van der Waals surface area contributed by atoms with E-state index in [0.29, 0.717) is 19.3 Å². The average molecular weight is 1010 g/mol. The van der Waals surface area contributed by atoms with Crippen molar-refractivity contribution in [1.82, 2.24) is 52.8 Å². The molecule has 0 aromatic heterocycles. The van der Waals surface area contributed by atoms with Gasteiger partial charge in [-0.15, -0.1) is 0 Å². The van der Waals surface area contributed by atoms with E-state index in [1.165, 1.54) is 13.8 Å². The molecule has 0 bridgehead atoms. The zero-order valence-corrected chi connectivity index (χ0v) is 42.6. The van der Waals surface area contributed by atoms with E-state index in [2.05, 4.69) is 47.9 Å². The zero-order valence-electron chi connectivity index (χ0n) is 42.6. The predicted molar refractivity (Wildman–Crippen MR) is 255 cm³/mol. The van der Waals surface area contributed by atoms with Gasteiger partial charge in [0.05, 0.1) is 24.9 Å². The molecule has 10 amide bonds. The summed E-state index contributed by atoms with van der Waals surface area (Å²) in [5.41, 5.74) is 5.31. The molecule has 0 aromatic carbocycles. The van der Waals surface area contributed by atoms with Crippen LogP contribution in [0.1, 0.15) is 108 Å². The Morgan fingerprint density at radius 3 is 1.39 bits per heavy atom. The van der Waals surface area contributed by atoms with Gasteiger partial charge in [-0.05, 0) is 78.3 Å². The van der Waals surface area contributed by atoms with Crippen LogP contribution in [0.5, 0.6) is 0 Å². The van der Waals surface area contributed by atoms with Gasteiger partial charge in [-0.25, -0.2) is 0 Å². The summed E-state index contributed by atoms with van der Waals surface area (Å²) in [4.78, 5) is 146. The van der Waals surface area contributed by atoms with Crippen molar-refractivity contribution < 1.29 is 73.2 Å². The first kappa shape index (κ1) is 63.0. The Kier molecular flexibility index (Phi) is 26.6. The number of carbonyl (C=O) groups is 11. The van der Waals surface area contributed by atoms with Gasteiger partial charge in [0, 0.05) is 6.42 Å². The second-order valence-electron chi connectivity index (χ2n) is 18.7. The number of carboxylic acid groups (broad SMARTS) is 1. The number of carbonyl (C=O) groups excluding carboxylic acids is 10. The van der Waals surface area contributed by atoms with Crippen LogP contribution >= 0.6 is 0 Å². The lowest BCUT2D eigenvalue weighted by molar-refractivity contribution is -0.142. The molecule has 1 aliphatic rings. The van der Waals surface area contributed by atoms with Crippen molar-refractivity contribution in [2.45, 2.75) is 180 Å². The van der Waals surface area contributed by atoms with E-state index >= 15 is 0 Å². The molecular formula is C45H79N11O15. The smallest absolute Gasteiger partial charge is 0.325 e. The van der Waals surface area contributed by atoms with Gasteiger partial charge in [0.2, 0.25) is 59.1 Å². The molecule has 1 saturated heterocycles. The third kappa shape index (κ3) is 20.0. The molecular weight excluding hydrogens is 935 g/mol. The number of rotatable bonds is 30. The third-order valence-corrected chi connectivity index (χ3v) is 12.4. The van der Waals surface area contributed by atoms with Crippen molar-refractivity contribution >= 4 is 65.0 Å². The molecule has 26 heteroatoms. The predicted octanol–water partition coefficient (Wildman–Crippen LogP) is -4.66. The molecule has 0 saturated carbocycles. The lowest BCUT2D eigenvalue weighted by Crippen LogP contribution is -2.63. The maximum Gasteiger partial charge on any atom is 0.325 e. The Balaban J connectivity index is 3.22. The van der Waals surface area contributed by atoms with Crippen LogP contribution in [0.2, 0.25) is 0 Å². The molecule has 71 heavy (non-hydrogen) atoms. The number of nitrogens with one attached hydrogen (secondary N) is 9. The van der Waals surface area contributed by atoms with E-state index < -0.39 is 163 Å². The van der Waals surface area contributed by atoms with Gasteiger partial charge < -0.3 is 74.0 Å². The molecule has 14 atom stereocenters. The second-order valence-corrected chi connectivity index (χ2v) is 18.7. The molecule has 26 nitrogen and oxygen atoms in total. The number of aliphatic hydroxyl groups excluding tert-OH is 3. The summed E-state index contributed by atoms with van der Waals surface area (Å²) < 4.78 is 0. The maximum absolute atomic E-state index is 13.7. The first-order chi connectivity index (χ1) is 33.0. The van der Waals surface area contributed by atoms with Crippen LogP contribution in [0.3, 0.4) is 0 Å². The monoisotopic (exact) mass is 1010 g/mol. The summed E-state index contributed by atoms with van der Waals surface area (Å²) in [5, 5.41) is 62.2. The van der Waals surface area contributed by atoms with Crippen molar-refractivity contribution in [3.8, 4) is 0 Å². The normalized spacial score (nSPS) is 19.2. The third-order valence-electron chi connectivity index (χ3n) is 12.4. The van der Waals surface area contributed by atoms with Crippen LogP contribution in [0.15, 0.2) is 0 Å². The highest BCUT2D eigenvalue weighted by molar-refractivity contribution is 5.99. The molecule has 0 unspecified atom stereocenters. The summed E-state index contributed by atoms with van der Waals surface area (Å²) in [7, 11) is 1.81. The van der Waals surface area contributed by atoms with Crippen LogP contribution in [0, 0.1) is 17.8 Å². The minimum Gasteiger partial charge on any atom is -0.480 e. The molecule has 1 fully saturated rings. The lowest BCUT2D eigenvalue weighted by Gasteiger charge is -2.30. The molecule has 0 radical (unpaired) electrons. The molecule has 0 spiro atoms. The van der Waals surface area contributed by atoms with Gasteiger partial charge >= 0.3 is 5.97 Å². The Bertz CT molecular complexity index is 1890. The van der Waals surface area contributed by atoms with Gasteiger partial charge in [0.15, 0.2) is 0 Å². The number of nitrogens with two attached hydrogens (primary N) is 1. The maximum atomic E-state index is 13.7. The Labute approximate surface area is 414 Å². The summed E-state index contributed by atoms with van der Waals surface area (Å²) >= 11 is 0. The van der Waals surface area contributed by atoms with Gasteiger partial charge in [-0.2, -0.15) is 0 Å². The molecule has 1 rings (SSSR count). The number of carboxylic acids is 1. The fourth-order valence-electron chi connectivity index (χ4n) is 7.28. The number of aliphatic carboxylic acids is 1. The average Bonchev–Trinajstić information content (AvgIpc) is 3.74. The quantitative estimate of drug-likeness (QED) is 0.0322. The van der Waals surface area contributed by atoms with Crippen molar-refractivity contribution in [2.75, 3.05) is 20.2 Å². The van der Waals surface area contributed by atoms with E-state index in [1.54, 1.807) is 34.6 Å². The van der Waals surface area contributed by atoms with Gasteiger partial charge in [-0.1, -0.05) is 54.4 Å². The first-order valence-corrected chi connectivity index (χ1v) is 23.9. The van der Waals surface area contributed by atoms with Gasteiger partial charge in [0.25, 0.3) is 0 Å². The van der Waals surface area contributed by atoms with E-state index in [4.69, 9.17) is 5.73 Å². The van der Waals surface area contributed by atoms with E-state index in [1.807, 2.05) is 18.9 Å². The number of amides is 10. The summed E-state index contributed by atoms with van der Waals surface area (Å²) in [6.07, 6.45) is -2.06. The highest BCUT2D eigenvalue weighted by Gasteiger charge is 2.39. The topological polar surface area (TPSA) is 406 Å². The number of nitrogens with zero attached hydrogens (tertiary/aromatic N) is 1. The van der Waals surface area contributed by atoms with Crippen LogP contribution < -0.4 is 53.6 Å². The van der Waals surface area contributed by atoms with Crippen LogP contribution in [0.25, 0.3) is 0 Å². The minimum absolute atomic E-state index is 0.334. The Morgan fingerprint density at radius 1 is 0.549 bits per heavy atom.